The van der Waals surface area contributed by atoms with E-state index in [9.17, 15) is 4.79 Å². The molecule has 2 heterocycles. The molecule has 1 amide bonds. The summed E-state index contributed by atoms with van der Waals surface area (Å²) in [6, 6.07) is 0. The van der Waals surface area contributed by atoms with E-state index < -0.39 is 0 Å². The molecule has 2 rings (SSSR count). The third-order valence-electron chi connectivity index (χ3n) is 3.34. The molecule has 0 radical (unpaired) electrons. The van der Waals surface area contributed by atoms with Crippen molar-refractivity contribution in [2.24, 2.45) is 0 Å². The molecule has 6 heteroatoms. The number of carbonyl (C=O) groups excluding carboxylic acids is 1. The van der Waals surface area contributed by atoms with Gasteiger partial charge in [-0.15, -0.1) is 0 Å². The van der Waals surface area contributed by atoms with Gasteiger partial charge in [0.15, 0.2) is 0 Å². The van der Waals surface area contributed by atoms with E-state index in [2.05, 4.69) is 17.3 Å². The number of likely N-dealkylation sites (N-methyl/N-ethyl adjacent to an activating group) is 1. The average molecular weight is 265 g/mol. The Morgan fingerprint density at radius 3 is 2.84 bits per heavy atom. The van der Waals surface area contributed by atoms with Gasteiger partial charge in [0, 0.05) is 51.0 Å². The van der Waals surface area contributed by atoms with Gasteiger partial charge in [0.05, 0.1) is 12.7 Å². The fraction of sp³-hybridized carbons (Fsp3) is 0.692. The van der Waals surface area contributed by atoms with Crippen LogP contribution < -0.4 is 5.32 Å². The Kier molecular flexibility index (Phi) is 4.93. The molecule has 0 atom stereocenters. The minimum absolute atomic E-state index is 0.215. The summed E-state index contributed by atoms with van der Waals surface area (Å²) in [7, 11) is 1.98. The van der Waals surface area contributed by atoms with Crippen LogP contribution in [0.15, 0.2) is 12.4 Å². The Bertz CT molecular complexity index is 411. The van der Waals surface area contributed by atoms with Crippen molar-refractivity contribution < 1.29 is 4.79 Å². The SMILES string of the molecule is CCn1cc(CN(C)CC(=O)N2CCNCC2)cn1. The van der Waals surface area contributed by atoms with Gasteiger partial charge in [-0.25, -0.2) is 0 Å². The zero-order valence-electron chi connectivity index (χ0n) is 11.8. The Balaban J connectivity index is 1.79. The van der Waals surface area contributed by atoms with Crippen LogP contribution in [-0.4, -0.2) is 65.3 Å². The van der Waals surface area contributed by atoms with E-state index in [0.29, 0.717) is 6.54 Å². The molecule has 106 valence electrons. The molecule has 19 heavy (non-hydrogen) atoms. The summed E-state index contributed by atoms with van der Waals surface area (Å²) in [4.78, 5) is 16.1. The molecular formula is C13H23N5O. The lowest BCUT2D eigenvalue weighted by molar-refractivity contribution is -0.132. The Morgan fingerprint density at radius 2 is 2.21 bits per heavy atom. The fourth-order valence-corrected chi connectivity index (χ4v) is 2.27. The second-order valence-electron chi connectivity index (χ2n) is 5.01. The van der Waals surface area contributed by atoms with E-state index >= 15 is 0 Å². The van der Waals surface area contributed by atoms with Gasteiger partial charge in [-0.3, -0.25) is 14.4 Å². The molecule has 1 aromatic heterocycles. The second kappa shape index (κ2) is 6.68. The molecule has 1 fully saturated rings. The summed E-state index contributed by atoms with van der Waals surface area (Å²) in [6.07, 6.45) is 3.90. The molecule has 1 N–H and O–H groups in total. The van der Waals surface area contributed by atoms with Gasteiger partial charge in [0.1, 0.15) is 0 Å². The minimum atomic E-state index is 0.215. The Hall–Kier alpha value is -1.40. The Morgan fingerprint density at radius 1 is 1.47 bits per heavy atom. The van der Waals surface area contributed by atoms with Crippen molar-refractivity contribution in [3.63, 3.8) is 0 Å². The maximum absolute atomic E-state index is 12.1. The summed E-state index contributed by atoms with van der Waals surface area (Å²) in [5.74, 6) is 0.215. The lowest BCUT2D eigenvalue weighted by atomic mass is 10.3. The van der Waals surface area contributed by atoms with Crippen LogP contribution in [0.5, 0.6) is 0 Å². The molecule has 1 saturated heterocycles. The van der Waals surface area contributed by atoms with Crippen LogP contribution in [0.3, 0.4) is 0 Å². The second-order valence-corrected chi connectivity index (χ2v) is 5.01. The van der Waals surface area contributed by atoms with Crippen LogP contribution in [0.4, 0.5) is 0 Å². The molecule has 1 aromatic rings. The average Bonchev–Trinajstić information content (AvgIpc) is 2.87. The molecular weight excluding hydrogens is 242 g/mol. The van der Waals surface area contributed by atoms with Gasteiger partial charge in [-0.1, -0.05) is 0 Å². The Labute approximate surface area is 114 Å². The molecule has 0 unspecified atom stereocenters. The quantitative estimate of drug-likeness (QED) is 0.799. The first-order valence-corrected chi connectivity index (χ1v) is 6.87. The van der Waals surface area contributed by atoms with E-state index in [0.717, 1.165) is 44.8 Å². The van der Waals surface area contributed by atoms with Gasteiger partial charge < -0.3 is 10.2 Å². The van der Waals surface area contributed by atoms with Crippen molar-refractivity contribution in [2.45, 2.75) is 20.0 Å². The largest absolute Gasteiger partial charge is 0.339 e. The van der Waals surface area contributed by atoms with E-state index in [1.807, 2.05) is 33.9 Å². The van der Waals surface area contributed by atoms with Crippen LogP contribution >= 0.6 is 0 Å². The lowest BCUT2D eigenvalue weighted by Crippen LogP contribution is -2.49. The third-order valence-corrected chi connectivity index (χ3v) is 3.34. The lowest BCUT2D eigenvalue weighted by Gasteiger charge is -2.29. The maximum atomic E-state index is 12.1. The number of hydrogen-bond acceptors (Lipinski definition) is 4. The van der Waals surface area contributed by atoms with Gasteiger partial charge in [-0.05, 0) is 14.0 Å². The zero-order chi connectivity index (χ0) is 13.7. The van der Waals surface area contributed by atoms with Crippen molar-refractivity contribution in [3.8, 4) is 0 Å². The van der Waals surface area contributed by atoms with Crippen LogP contribution in [0.25, 0.3) is 0 Å². The minimum Gasteiger partial charge on any atom is -0.339 e. The standard InChI is InChI=1S/C13H23N5O/c1-3-18-10-12(8-15-18)9-16(2)11-13(19)17-6-4-14-5-7-17/h8,10,14H,3-7,9,11H2,1-2H3. The number of carbonyl (C=O) groups is 1. The number of aromatic nitrogens is 2. The number of aryl methyl sites for hydroxylation is 1. The van der Waals surface area contributed by atoms with Gasteiger partial charge in [0.2, 0.25) is 5.91 Å². The monoisotopic (exact) mass is 265 g/mol. The van der Waals surface area contributed by atoms with Crippen molar-refractivity contribution in [3.05, 3.63) is 18.0 Å². The number of hydrogen-bond donors (Lipinski definition) is 1. The number of piperazine rings is 1. The van der Waals surface area contributed by atoms with Gasteiger partial charge >= 0.3 is 0 Å². The van der Waals surface area contributed by atoms with Crippen molar-refractivity contribution in [2.75, 3.05) is 39.8 Å². The third kappa shape index (κ3) is 4.04. The normalized spacial score (nSPS) is 16.1. The molecule has 0 aromatic carbocycles. The molecule has 1 aliphatic heterocycles. The first kappa shape index (κ1) is 14.0. The van der Waals surface area contributed by atoms with Gasteiger partial charge in [0.25, 0.3) is 0 Å². The zero-order valence-corrected chi connectivity index (χ0v) is 11.8. The number of nitrogens with zero attached hydrogens (tertiary/aromatic N) is 4. The number of amides is 1. The van der Waals surface area contributed by atoms with Crippen molar-refractivity contribution in [1.82, 2.24) is 24.9 Å². The molecule has 0 bridgehead atoms. The van der Waals surface area contributed by atoms with Crippen LogP contribution in [0.1, 0.15) is 12.5 Å². The number of nitrogens with one attached hydrogen (secondary N) is 1. The maximum Gasteiger partial charge on any atom is 0.236 e. The molecule has 1 aliphatic rings. The molecule has 0 aliphatic carbocycles. The van der Waals surface area contributed by atoms with E-state index in [1.165, 1.54) is 0 Å². The molecule has 0 saturated carbocycles. The van der Waals surface area contributed by atoms with Gasteiger partial charge in [-0.2, -0.15) is 5.10 Å². The first-order valence-electron chi connectivity index (χ1n) is 6.87. The summed E-state index contributed by atoms with van der Waals surface area (Å²) >= 11 is 0. The fourth-order valence-electron chi connectivity index (χ4n) is 2.27. The highest BCUT2D eigenvalue weighted by Gasteiger charge is 2.17. The van der Waals surface area contributed by atoms with Crippen molar-refractivity contribution in [1.29, 1.82) is 0 Å². The highest BCUT2D eigenvalue weighted by molar-refractivity contribution is 5.78. The smallest absolute Gasteiger partial charge is 0.236 e. The molecule has 6 nitrogen and oxygen atoms in total. The highest BCUT2D eigenvalue weighted by atomic mass is 16.2. The summed E-state index contributed by atoms with van der Waals surface area (Å²) in [5.41, 5.74) is 1.15. The summed E-state index contributed by atoms with van der Waals surface area (Å²) < 4.78 is 1.90. The van der Waals surface area contributed by atoms with Crippen molar-refractivity contribution >= 4 is 5.91 Å². The molecule has 0 spiro atoms. The number of rotatable bonds is 5. The predicted octanol–water partition coefficient (Wildman–Crippen LogP) is -0.233. The van der Waals surface area contributed by atoms with Crippen LogP contribution in [-0.2, 0) is 17.9 Å². The van der Waals surface area contributed by atoms with Crippen LogP contribution in [0, 0.1) is 0 Å². The van der Waals surface area contributed by atoms with E-state index in [-0.39, 0.29) is 5.91 Å². The topological polar surface area (TPSA) is 53.4 Å². The van der Waals surface area contributed by atoms with Crippen LogP contribution in [0.2, 0.25) is 0 Å². The summed E-state index contributed by atoms with van der Waals surface area (Å²) in [5, 5.41) is 7.50. The van der Waals surface area contributed by atoms with E-state index in [4.69, 9.17) is 0 Å². The highest BCUT2D eigenvalue weighted by Crippen LogP contribution is 2.03. The van der Waals surface area contributed by atoms with E-state index in [1.54, 1.807) is 0 Å². The summed E-state index contributed by atoms with van der Waals surface area (Å²) in [6.45, 7) is 7.62. The first-order chi connectivity index (χ1) is 9.19. The predicted molar refractivity (Wildman–Crippen MR) is 73.7 cm³/mol.